The normalized spacial score (nSPS) is 16.1. The molecular weight excluding hydrogens is 420 g/mol. The van der Waals surface area contributed by atoms with Crippen molar-refractivity contribution in [2.24, 2.45) is 0 Å². The topological polar surface area (TPSA) is 101 Å². The Kier molecular flexibility index (Phi) is 7.27. The van der Waals surface area contributed by atoms with Gasteiger partial charge in [0, 0.05) is 55.9 Å². The Morgan fingerprint density at radius 3 is 2.68 bits per heavy atom. The summed E-state index contributed by atoms with van der Waals surface area (Å²) in [6, 6.07) is 6.98. The summed E-state index contributed by atoms with van der Waals surface area (Å²) in [6.07, 6.45) is 1.63. The van der Waals surface area contributed by atoms with Gasteiger partial charge in [0.2, 0.25) is 5.91 Å². The lowest BCUT2D eigenvalue weighted by molar-refractivity contribution is -0.131. The molecule has 3 N–H and O–H groups in total. The maximum absolute atomic E-state index is 12.7. The molecule has 1 aromatic carbocycles. The van der Waals surface area contributed by atoms with Gasteiger partial charge in [-0.1, -0.05) is 11.6 Å². The Balaban J connectivity index is 1.51. The molecule has 9 nitrogen and oxygen atoms in total. The van der Waals surface area contributed by atoms with Gasteiger partial charge in [0.1, 0.15) is 0 Å². The third kappa shape index (κ3) is 5.81. The quantitative estimate of drug-likeness (QED) is 0.653. The summed E-state index contributed by atoms with van der Waals surface area (Å²) in [6.45, 7) is 1.39. The van der Waals surface area contributed by atoms with Gasteiger partial charge in [-0.05, 0) is 37.1 Å². The number of fused-ring (bicyclic) bond motifs is 1. The van der Waals surface area contributed by atoms with E-state index < -0.39 is 0 Å². The number of urea groups is 2. The van der Waals surface area contributed by atoms with Gasteiger partial charge in [-0.15, -0.1) is 0 Å². The number of H-pyrrole nitrogens is 1. The SMILES string of the molecule is CN(C)C(=O)NCC(=O)N1CCC[C@@H](N(C)C(=O)NCc2cc3cc(Cl)ccc3[nH]2)C1. The molecule has 0 radical (unpaired) electrons. The number of hydrogen-bond donors (Lipinski definition) is 3. The Bertz CT molecular complexity index is 960. The van der Waals surface area contributed by atoms with Crippen molar-refractivity contribution in [2.45, 2.75) is 25.4 Å². The Morgan fingerprint density at radius 2 is 1.94 bits per heavy atom. The predicted octanol–water partition coefficient (Wildman–Crippen LogP) is 2.22. The number of nitrogens with zero attached hydrogens (tertiary/aromatic N) is 3. The lowest BCUT2D eigenvalue weighted by Gasteiger charge is -2.37. The summed E-state index contributed by atoms with van der Waals surface area (Å²) in [4.78, 5) is 44.7. The number of piperidine rings is 1. The van der Waals surface area contributed by atoms with E-state index in [4.69, 9.17) is 11.6 Å². The number of amides is 5. The third-order valence-electron chi connectivity index (χ3n) is 5.48. The molecule has 0 unspecified atom stereocenters. The number of aromatic amines is 1. The van der Waals surface area contributed by atoms with E-state index in [0.717, 1.165) is 29.4 Å². The molecule has 0 bridgehead atoms. The fourth-order valence-corrected chi connectivity index (χ4v) is 3.82. The molecule has 0 aliphatic carbocycles. The number of halogens is 1. The second-order valence-electron chi connectivity index (χ2n) is 7.98. The first-order chi connectivity index (χ1) is 14.7. The highest BCUT2D eigenvalue weighted by atomic mass is 35.5. The Hall–Kier alpha value is -2.94. The number of nitrogens with one attached hydrogen (secondary N) is 3. The maximum Gasteiger partial charge on any atom is 0.317 e. The van der Waals surface area contributed by atoms with Gasteiger partial charge in [0.15, 0.2) is 0 Å². The van der Waals surface area contributed by atoms with Crippen molar-refractivity contribution in [1.82, 2.24) is 30.3 Å². The van der Waals surface area contributed by atoms with Gasteiger partial charge in [-0.2, -0.15) is 0 Å². The fourth-order valence-electron chi connectivity index (χ4n) is 3.64. The van der Waals surface area contributed by atoms with Crippen molar-refractivity contribution in [3.05, 3.63) is 35.0 Å². The van der Waals surface area contributed by atoms with Crippen molar-refractivity contribution in [2.75, 3.05) is 40.8 Å². The lowest BCUT2D eigenvalue weighted by Crippen LogP contribution is -2.54. The number of likely N-dealkylation sites (N-methyl/N-ethyl adjacent to an activating group) is 1. The van der Waals surface area contributed by atoms with Crippen LogP contribution in [-0.2, 0) is 11.3 Å². The summed E-state index contributed by atoms with van der Waals surface area (Å²) >= 11 is 6.03. The molecule has 31 heavy (non-hydrogen) atoms. The first-order valence-corrected chi connectivity index (χ1v) is 10.6. The van der Waals surface area contributed by atoms with Crippen molar-refractivity contribution in [3.8, 4) is 0 Å². The van der Waals surface area contributed by atoms with Gasteiger partial charge < -0.3 is 30.3 Å². The zero-order valence-corrected chi connectivity index (χ0v) is 18.8. The van der Waals surface area contributed by atoms with Gasteiger partial charge in [-0.3, -0.25) is 4.79 Å². The van der Waals surface area contributed by atoms with Crippen LogP contribution in [0.5, 0.6) is 0 Å². The van der Waals surface area contributed by atoms with Crippen LogP contribution in [0.2, 0.25) is 5.02 Å². The highest BCUT2D eigenvalue weighted by Crippen LogP contribution is 2.20. The van der Waals surface area contributed by atoms with Crippen molar-refractivity contribution >= 4 is 40.5 Å². The van der Waals surface area contributed by atoms with Crippen LogP contribution in [0.25, 0.3) is 10.9 Å². The Labute approximate surface area is 186 Å². The molecule has 1 aliphatic heterocycles. The smallest absolute Gasteiger partial charge is 0.317 e. The minimum atomic E-state index is -0.308. The van der Waals surface area contributed by atoms with E-state index >= 15 is 0 Å². The minimum Gasteiger partial charge on any atom is -0.357 e. The van der Waals surface area contributed by atoms with Crippen LogP contribution in [0.1, 0.15) is 18.5 Å². The number of benzene rings is 1. The van der Waals surface area contributed by atoms with E-state index in [1.165, 1.54) is 4.90 Å². The van der Waals surface area contributed by atoms with Crippen LogP contribution in [-0.4, -0.2) is 84.5 Å². The molecule has 1 saturated heterocycles. The summed E-state index contributed by atoms with van der Waals surface area (Å²) < 4.78 is 0. The van der Waals surface area contributed by atoms with Crippen molar-refractivity contribution < 1.29 is 14.4 Å². The molecular formula is C21H29ClN6O3. The van der Waals surface area contributed by atoms with Crippen LogP contribution in [0.15, 0.2) is 24.3 Å². The zero-order chi connectivity index (χ0) is 22.5. The molecule has 5 amide bonds. The fraction of sp³-hybridized carbons (Fsp3) is 0.476. The third-order valence-corrected chi connectivity index (χ3v) is 5.72. The molecule has 1 fully saturated rings. The molecule has 168 valence electrons. The van der Waals surface area contributed by atoms with Crippen LogP contribution in [0.4, 0.5) is 9.59 Å². The Morgan fingerprint density at radius 1 is 1.16 bits per heavy atom. The number of carbonyl (C=O) groups is 3. The largest absolute Gasteiger partial charge is 0.357 e. The average molecular weight is 449 g/mol. The number of carbonyl (C=O) groups excluding carboxylic acids is 3. The number of aromatic nitrogens is 1. The first-order valence-electron chi connectivity index (χ1n) is 10.3. The average Bonchev–Trinajstić information content (AvgIpc) is 3.16. The summed E-state index contributed by atoms with van der Waals surface area (Å²) in [7, 11) is 4.98. The molecule has 0 saturated carbocycles. The lowest BCUT2D eigenvalue weighted by atomic mass is 10.0. The number of likely N-dealkylation sites (tertiary alicyclic amines) is 1. The molecule has 1 atom stereocenters. The van der Waals surface area contributed by atoms with Crippen LogP contribution in [0, 0.1) is 0 Å². The van der Waals surface area contributed by atoms with E-state index in [-0.39, 0.29) is 30.6 Å². The minimum absolute atomic E-state index is 0.0515. The summed E-state index contributed by atoms with van der Waals surface area (Å²) in [5.41, 5.74) is 1.85. The van der Waals surface area contributed by atoms with E-state index in [1.54, 1.807) is 30.9 Å². The van der Waals surface area contributed by atoms with Gasteiger partial charge in [0.05, 0.1) is 19.1 Å². The molecule has 3 rings (SSSR count). The van der Waals surface area contributed by atoms with E-state index in [0.29, 0.717) is 24.7 Å². The standard InChI is InChI=1S/C21H29ClN6O3/c1-26(2)20(30)24-12-19(29)28-8-4-5-17(13-28)27(3)21(31)23-11-16-10-14-9-15(22)6-7-18(14)25-16/h6-7,9-10,17,25H,4-5,8,11-13H2,1-3H3,(H,23,31)(H,24,30)/t17-/m1/s1. The number of hydrogen-bond acceptors (Lipinski definition) is 3. The summed E-state index contributed by atoms with van der Waals surface area (Å²) in [5, 5.41) is 7.17. The summed E-state index contributed by atoms with van der Waals surface area (Å²) in [5.74, 6) is -0.148. The molecule has 10 heteroatoms. The van der Waals surface area contributed by atoms with E-state index in [9.17, 15) is 14.4 Å². The van der Waals surface area contributed by atoms with Crippen molar-refractivity contribution in [1.29, 1.82) is 0 Å². The molecule has 1 aromatic heterocycles. The van der Waals surface area contributed by atoms with E-state index in [1.807, 2.05) is 24.3 Å². The van der Waals surface area contributed by atoms with Crippen LogP contribution >= 0.6 is 11.6 Å². The molecule has 2 aromatic rings. The monoisotopic (exact) mass is 448 g/mol. The van der Waals surface area contributed by atoms with Gasteiger partial charge in [-0.25, -0.2) is 9.59 Å². The zero-order valence-electron chi connectivity index (χ0n) is 18.1. The highest BCUT2D eigenvalue weighted by Gasteiger charge is 2.28. The number of rotatable bonds is 5. The van der Waals surface area contributed by atoms with Crippen molar-refractivity contribution in [3.63, 3.8) is 0 Å². The highest BCUT2D eigenvalue weighted by molar-refractivity contribution is 6.31. The van der Waals surface area contributed by atoms with Crippen LogP contribution < -0.4 is 10.6 Å². The van der Waals surface area contributed by atoms with Crippen LogP contribution in [0.3, 0.4) is 0 Å². The first kappa shape index (κ1) is 22.7. The van der Waals surface area contributed by atoms with E-state index in [2.05, 4.69) is 15.6 Å². The maximum atomic E-state index is 12.7. The molecule has 2 heterocycles. The predicted molar refractivity (Wildman–Crippen MR) is 120 cm³/mol. The second-order valence-corrected chi connectivity index (χ2v) is 8.42. The molecule has 0 spiro atoms. The van der Waals surface area contributed by atoms with Gasteiger partial charge >= 0.3 is 12.1 Å². The second kappa shape index (κ2) is 9.91. The molecule has 1 aliphatic rings. The van der Waals surface area contributed by atoms with Gasteiger partial charge in [0.25, 0.3) is 0 Å².